The Labute approximate surface area is 79.5 Å². The van der Waals surface area contributed by atoms with Crippen molar-refractivity contribution in [2.24, 2.45) is 5.92 Å². The number of hydrogen-bond acceptors (Lipinski definition) is 3. The average molecular weight is 185 g/mol. The number of aliphatic hydroxyl groups excluding tert-OH is 1. The van der Waals surface area contributed by atoms with Gasteiger partial charge in [-0.15, -0.1) is 0 Å². The standard InChI is InChI=1S/C10H19NO2/c12-8-10(3-1-4-10)11-6-9-2-5-13-7-9/h9,11-12H,1-8H2. The first-order valence-corrected chi connectivity index (χ1v) is 5.28. The molecule has 2 aliphatic rings. The summed E-state index contributed by atoms with van der Waals surface area (Å²) >= 11 is 0. The van der Waals surface area contributed by atoms with Crippen LogP contribution in [0.25, 0.3) is 0 Å². The molecule has 1 saturated heterocycles. The van der Waals surface area contributed by atoms with Crippen molar-refractivity contribution in [1.82, 2.24) is 5.32 Å². The smallest absolute Gasteiger partial charge is 0.0613 e. The zero-order valence-electron chi connectivity index (χ0n) is 8.09. The topological polar surface area (TPSA) is 41.5 Å². The van der Waals surface area contributed by atoms with E-state index in [2.05, 4.69) is 5.32 Å². The van der Waals surface area contributed by atoms with Gasteiger partial charge in [-0.25, -0.2) is 0 Å². The molecule has 1 atom stereocenters. The SMILES string of the molecule is OCC1(NCC2CCOC2)CCC1. The molecule has 1 aliphatic heterocycles. The predicted molar refractivity (Wildman–Crippen MR) is 50.6 cm³/mol. The maximum absolute atomic E-state index is 9.22. The summed E-state index contributed by atoms with van der Waals surface area (Å²) in [6.07, 6.45) is 4.71. The van der Waals surface area contributed by atoms with Gasteiger partial charge in [-0.1, -0.05) is 0 Å². The third-order valence-corrected chi connectivity index (χ3v) is 3.40. The Morgan fingerprint density at radius 2 is 2.31 bits per heavy atom. The molecule has 0 bridgehead atoms. The first kappa shape index (κ1) is 9.44. The normalized spacial score (nSPS) is 31.6. The molecule has 76 valence electrons. The zero-order valence-corrected chi connectivity index (χ0v) is 8.09. The maximum Gasteiger partial charge on any atom is 0.0613 e. The van der Waals surface area contributed by atoms with Crippen molar-refractivity contribution in [2.45, 2.75) is 31.2 Å². The highest BCUT2D eigenvalue weighted by Crippen LogP contribution is 2.31. The highest BCUT2D eigenvalue weighted by atomic mass is 16.5. The van der Waals surface area contributed by atoms with Gasteiger partial charge in [0.1, 0.15) is 0 Å². The van der Waals surface area contributed by atoms with Gasteiger partial charge in [0.2, 0.25) is 0 Å². The maximum atomic E-state index is 9.22. The quantitative estimate of drug-likeness (QED) is 0.671. The fourth-order valence-electron chi connectivity index (χ4n) is 2.10. The van der Waals surface area contributed by atoms with Crippen LogP contribution in [0, 0.1) is 5.92 Å². The van der Waals surface area contributed by atoms with E-state index in [4.69, 9.17) is 4.74 Å². The van der Waals surface area contributed by atoms with E-state index in [-0.39, 0.29) is 5.54 Å². The minimum atomic E-state index is 0.0720. The molecule has 0 aromatic carbocycles. The summed E-state index contributed by atoms with van der Waals surface area (Å²) in [5.41, 5.74) is 0.0720. The molecule has 3 nitrogen and oxygen atoms in total. The lowest BCUT2D eigenvalue weighted by molar-refractivity contribution is 0.0830. The monoisotopic (exact) mass is 185 g/mol. The van der Waals surface area contributed by atoms with Crippen molar-refractivity contribution in [3.63, 3.8) is 0 Å². The van der Waals surface area contributed by atoms with Gasteiger partial charge < -0.3 is 15.2 Å². The van der Waals surface area contributed by atoms with Crippen LogP contribution in [0.1, 0.15) is 25.7 Å². The van der Waals surface area contributed by atoms with Crippen LogP contribution in [0.15, 0.2) is 0 Å². The molecule has 2 N–H and O–H groups in total. The van der Waals surface area contributed by atoms with Crippen LogP contribution in [0.4, 0.5) is 0 Å². The van der Waals surface area contributed by atoms with Gasteiger partial charge in [-0.2, -0.15) is 0 Å². The summed E-state index contributed by atoms with van der Waals surface area (Å²) in [5, 5.41) is 12.7. The Morgan fingerprint density at radius 1 is 1.46 bits per heavy atom. The molecule has 1 saturated carbocycles. The van der Waals surface area contributed by atoms with Crippen LogP contribution in [-0.2, 0) is 4.74 Å². The number of nitrogens with one attached hydrogen (secondary N) is 1. The summed E-state index contributed by atoms with van der Waals surface area (Å²) in [6, 6.07) is 0. The van der Waals surface area contributed by atoms with E-state index in [1.807, 2.05) is 0 Å². The number of aliphatic hydroxyl groups is 1. The Hall–Kier alpha value is -0.120. The largest absolute Gasteiger partial charge is 0.394 e. The lowest BCUT2D eigenvalue weighted by atomic mass is 9.77. The van der Waals surface area contributed by atoms with Crippen molar-refractivity contribution in [3.8, 4) is 0 Å². The second-order valence-corrected chi connectivity index (χ2v) is 4.40. The fraction of sp³-hybridized carbons (Fsp3) is 1.00. The van der Waals surface area contributed by atoms with Crippen LogP contribution in [0.2, 0.25) is 0 Å². The minimum absolute atomic E-state index is 0.0720. The van der Waals surface area contributed by atoms with Crippen molar-refractivity contribution >= 4 is 0 Å². The average Bonchev–Trinajstić information content (AvgIpc) is 2.56. The van der Waals surface area contributed by atoms with Crippen molar-refractivity contribution in [1.29, 1.82) is 0 Å². The van der Waals surface area contributed by atoms with E-state index in [1.165, 1.54) is 12.8 Å². The van der Waals surface area contributed by atoms with Gasteiger partial charge in [0.05, 0.1) is 13.2 Å². The van der Waals surface area contributed by atoms with Gasteiger partial charge >= 0.3 is 0 Å². The second kappa shape index (κ2) is 3.95. The van der Waals surface area contributed by atoms with Gasteiger partial charge in [0.15, 0.2) is 0 Å². The first-order chi connectivity index (χ1) is 6.35. The van der Waals surface area contributed by atoms with Gasteiger partial charge in [0, 0.05) is 18.7 Å². The van der Waals surface area contributed by atoms with E-state index >= 15 is 0 Å². The third-order valence-electron chi connectivity index (χ3n) is 3.40. The van der Waals surface area contributed by atoms with E-state index in [0.717, 1.165) is 32.6 Å². The molecular formula is C10H19NO2. The van der Waals surface area contributed by atoms with Crippen molar-refractivity contribution < 1.29 is 9.84 Å². The third kappa shape index (κ3) is 2.03. The van der Waals surface area contributed by atoms with E-state index in [1.54, 1.807) is 0 Å². The van der Waals surface area contributed by atoms with E-state index in [9.17, 15) is 5.11 Å². The lowest BCUT2D eigenvalue weighted by Gasteiger charge is -2.41. The van der Waals surface area contributed by atoms with Crippen LogP contribution in [0.5, 0.6) is 0 Å². The Morgan fingerprint density at radius 3 is 2.77 bits per heavy atom. The second-order valence-electron chi connectivity index (χ2n) is 4.40. The highest BCUT2D eigenvalue weighted by molar-refractivity contribution is 4.95. The lowest BCUT2D eigenvalue weighted by Crippen LogP contribution is -2.55. The summed E-state index contributed by atoms with van der Waals surface area (Å²) < 4.78 is 5.31. The number of hydrogen-bond donors (Lipinski definition) is 2. The molecule has 0 radical (unpaired) electrons. The molecule has 1 heterocycles. The van der Waals surface area contributed by atoms with Crippen molar-refractivity contribution in [2.75, 3.05) is 26.4 Å². The molecular weight excluding hydrogens is 166 g/mol. The molecule has 0 amide bonds. The van der Waals surface area contributed by atoms with E-state index < -0.39 is 0 Å². The molecule has 13 heavy (non-hydrogen) atoms. The summed E-state index contributed by atoms with van der Waals surface area (Å²) in [4.78, 5) is 0. The summed E-state index contributed by atoms with van der Waals surface area (Å²) in [5.74, 6) is 0.670. The summed E-state index contributed by atoms with van der Waals surface area (Å²) in [7, 11) is 0. The Balaban J connectivity index is 1.71. The van der Waals surface area contributed by atoms with Crippen LogP contribution in [0.3, 0.4) is 0 Å². The molecule has 1 unspecified atom stereocenters. The highest BCUT2D eigenvalue weighted by Gasteiger charge is 2.36. The molecule has 0 spiro atoms. The first-order valence-electron chi connectivity index (χ1n) is 5.28. The van der Waals surface area contributed by atoms with Crippen molar-refractivity contribution in [3.05, 3.63) is 0 Å². The molecule has 1 aliphatic carbocycles. The fourth-order valence-corrected chi connectivity index (χ4v) is 2.10. The van der Waals surface area contributed by atoms with Gasteiger partial charge in [-0.05, 0) is 31.6 Å². The Bertz CT molecular complexity index is 157. The van der Waals surface area contributed by atoms with Crippen LogP contribution < -0.4 is 5.32 Å². The molecule has 0 aromatic heterocycles. The number of rotatable bonds is 4. The van der Waals surface area contributed by atoms with Crippen LogP contribution >= 0.6 is 0 Å². The molecule has 3 heteroatoms. The molecule has 2 rings (SSSR count). The van der Waals surface area contributed by atoms with E-state index in [0.29, 0.717) is 12.5 Å². The van der Waals surface area contributed by atoms with Gasteiger partial charge in [-0.3, -0.25) is 0 Å². The number of ether oxygens (including phenoxy) is 1. The molecule has 0 aromatic rings. The predicted octanol–water partition coefficient (Wildman–Crippen LogP) is 0.527. The van der Waals surface area contributed by atoms with Crippen LogP contribution in [-0.4, -0.2) is 37.0 Å². The van der Waals surface area contributed by atoms with Gasteiger partial charge in [0.25, 0.3) is 0 Å². The summed E-state index contributed by atoms with van der Waals surface area (Å²) in [6.45, 7) is 3.12. The Kier molecular flexibility index (Phi) is 2.86. The molecule has 2 fully saturated rings. The zero-order chi connectivity index (χ0) is 9.15. The minimum Gasteiger partial charge on any atom is -0.394 e.